The Labute approximate surface area is 78.8 Å². The van der Waals surface area contributed by atoms with Crippen LogP contribution in [0.3, 0.4) is 0 Å². The van der Waals surface area contributed by atoms with Crippen molar-refractivity contribution in [3.05, 3.63) is 24.5 Å². The maximum absolute atomic E-state index is 2.23. The molecule has 2 heteroatoms. The van der Waals surface area contributed by atoms with Crippen LogP contribution in [0.15, 0.2) is 29.4 Å². The van der Waals surface area contributed by atoms with E-state index < -0.39 is 0 Å². The molecule has 0 aliphatic heterocycles. The van der Waals surface area contributed by atoms with E-state index in [4.69, 9.17) is 0 Å². The Bertz CT molecular complexity index is 263. The first-order chi connectivity index (χ1) is 5.47. The fourth-order valence-electron chi connectivity index (χ4n) is 0.974. The van der Waals surface area contributed by atoms with Crippen LogP contribution in [0, 0.1) is 0 Å². The van der Waals surface area contributed by atoms with E-state index >= 15 is 0 Å². The lowest BCUT2D eigenvalue weighted by molar-refractivity contribution is -0.673. The van der Waals surface area contributed by atoms with Crippen molar-refractivity contribution in [1.82, 2.24) is 0 Å². The molecular formula is C10H16NS+. The first-order valence-corrected chi connectivity index (χ1v) is 4.93. The summed E-state index contributed by atoms with van der Waals surface area (Å²) < 4.78 is 2.38. The van der Waals surface area contributed by atoms with Gasteiger partial charge < -0.3 is 0 Å². The lowest BCUT2D eigenvalue weighted by Crippen LogP contribution is -2.26. The lowest BCUT2D eigenvalue weighted by atomic mass is 10.3. The van der Waals surface area contributed by atoms with Crippen molar-refractivity contribution in [2.24, 2.45) is 7.05 Å². The summed E-state index contributed by atoms with van der Waals surface area (Å²) in [5.41, 5.74) is 0. The van der Waals surface area contributed by atoms with Crippen molar-refractivity contribution in [3.63, 3.8) is 0 Å². The molecule has 0 bridgehead atoms. The molecule has 12 heavy (non-hydrogen) atoms. The molecule has 1 nitrogen and oxygen atoms in total. The Hall–Kier alpha value is -0.500. The minimum atomic E-state index is 0.300. The summed E-state index contributed by atoms with van der Waals surface area (Å²) in [7, 11) is 2.05. The van der Waals surface area contributed by atoms with E-state index in [1.165, 1.54) is 4.90 Å². The van der Waals surface area contributed by atoms with Crippen LogP contribution in [-0.4, -0.2) is 4.75 Å². The molecule has 0 amide bonds. The van der Waals surface area contributed by atoms with Crippen LogP contribution in [0.25, 0.3) is 0 Å². The average molecular weight is 182 g/mol. The van der Waals surface area contributed by atoms with E-state index in [0.717, 1.165) is 0 Å². The Kier molecular flexibility index (Phi) is 2.78. The van der Waals surface area contributed by atoms with Crippen molar-refractivity contribution in [1.29, 1.82) is 0 Å². The smallest absolute Gasteiger partial charge is 0.182 e. The normalized spacial score (nSPS) is 11.7. The van der Waals surface area contributed by atoms with Crippen LogP contribution >= 0.6 is 11.8 Å². The molecule has 0 unspecified atom stereocenters. The minimum Gasteiger partial charge on any atom is -0.207 e. The largest absolute Gasteiger partial charge is 0.207 e. The van der Waals surface area contributed by atoms with Crippen molar-refractivity contribution in [3.8, 4) is 0 Å². The number of aryl methyl sites for hydroxylation is 1. The van der Waals surface area contributed by atoms with Crippen molar-refractivity contribution < 1.29 is 4.57 Å². The van der Waals surface area contributed by atoms with Crippen molar-refractivity contribution in [2.45, 2.75) is 30.4 Å². The highest BCUT2D eigenvalue weighted by Gasteiger charge is 2.13. The van der Waals surface area contributed by atoms with Crippen LogP contribution in [0.4, 0.5) is 0 Å². The van der Waals surface area contributed by atoms with Crippen LogP contribution < -0.4 is 4.57 Å². The lowest BCUT2D eigenvalue weighted by Gasteiger charge is -2.15. The fourth-order valence-corrected chi connectivity index (χ4v) is 2.05. The number of rotatable bonds is 1. The second-order valence-corrected chi connectivity index (χ2v) is 5.82. The minimum absolute atomic E-state index is 0.300. The molecule has 0 spiro atoms. The molecule has 0 saturated carbocycles. The van der Waals surface area contributed by atoms with Crippen LogP contribution in [0.1, 0.15) is 20.8 Å². The second kappa shape index (κ2) is 3.48. The third-order valence-corrected chi connectivity index (χ3v) is 2.43. The first kappa shape index (κ1) is 9.59. The van der Waals surface area contributed by atoms with Gasteiger partial charge in [-0.15, -0.1) is 11.8 Å². The van der Waals surface area contributed by atoms with Gasteiger partial charge in [-0.3, -0.25) is 0 Å². The molecule has 0 fully saturated rings. The maximum atomic E-state index is 2.23. The van der Waals surface area contributed by atoms with Gasteiger partial charge in [-0.2, -0.15) is 0 Å². The van der Waals surface area contributed by atoms with Crippen molar-refractivity contribution >= 4 is 11.8 Å². The second-order valence-electron chi connectivity index (χ2n) is 3.92. The number of aromatic nitrogens is 1. The highest BCUT2D eigenvalue weighted by atomic mass is 32.2. The highest BCUT2D eigenvalue weighted by molar-refractivity contribution is 8.00. The summed E-state index contributed by atoms with van der Waals surface area (Å²) in [6.07, 6.45) is 4.20. The molecule has 0 atom stereocenters. The Morgan fingerprint density at radius 2 is 2.00 bits per heavy atom. The van der Waals surface area contributed by atoms with Gasteiger partial charge in [-0.25, -0.2) is 4.57 Å². The monoisotopic (exact) mass is 182 g/mol. The molecule has 1 aromatic rings. The zero-order valence-corrected chi connectivity index (χ0v) is 8.98. The zero-order valence-electron chi connectivity index (χ0n) is 8.16. The molecule has 0 radical (unpaired) electrons. The highest BCUT2D eigenvalue weighted by Crippen LogP contribution is 2.30. The average Bonchev–Trinajstić information content (AvgIpc) is 1.82. The van der Waals surface area contributed by atoms with Crippen LogP contribution in [0.5, 0.6) is 0 Å². The third-order valence-electron chi connectivity index (χ3n) is 1.34. The number of hydrogen-bond donors (Lipinski definition) is 0. The van der Waals surface area contributed by atoms with Gasteiger partial charge in [0.1, 0.15) is 7.05 Å². The molecule has 66 valence electrons. The van der Waals surface area contributed by atoms with E-state index in [0.29, 0.717) is 4.75 Å². The van der Waals surface area contributed by atoms with Gasteiger partial charge in [-0.05, 0) is 6.07 Å². The number of nitrogens with zero attached hydrogens (tertiary/aromatic N) is 1. The summed E-state index contributed by atoms with van der Waals surface area (Å²) >= 11 is 1.89. The van der Waals surface area contributed by atoms with E-state index in [1.807, 2.05) is 25.0 Å². The van der Waals surface area contributed by atoms with Gasteiger partial charge in [0.25, 0.3) is 0 Å². The van der Waals surface area contributed by atoms with E-state index in [2.05, 4.69) is 43.7 Å². The standard InChI is InChI=1S/C10H16NS/c1-10(2,3)12-9-6-5-7-11(4)8-9/h5-8H,1-4H3/q+1. The van der Waals surface area contributed by atoms with Crippen LogP contribution in [0.2, 0.25) is 0 Å². The maximum Gasteiger partial charge on any atom is 0.182 e. The molecule has 0 aliphatic carbocycles. The topological polar surface area (TPSA) is 3.88 Å². The summed E-state index contributed by atoms with van der Waals surface area (Å²) in [5.74, 6) is 0. The predicted molar refractivity (Wildman–Crippen MR) is 53.2 cm³/mol. The van der Waals surface area contributed by atoms with Crippen molar-refractivity contribution in [2.75, 3.05) is 0 Å². The first-order valence-electron chi connectivity index (χ1n) is 4.12. The third kappa shape index (κ3) is 3.26. The quantitative estimate of drug-likeness (QED) is 0.476. The Balaban J connectivity index is 2.77. The Morgan fingerprint density at radius 3 is 2.50 bits per heavy atom. The van der Waals surface area contributed by atoms with E-state index in [9.17, 15) is 0 Å². The molecule has 0 saturated heterocycles. The summed E-state index contributed by atoms with van der Waals surface area (Å²) in [4.78, 5) is 1.33. The molecule has 1 heterocycles. The number of pyridine rings is 1. The van der Waals surface area contributed by atoms with Gasteiger partial charge in [0.2, 0.25) is 0 Å². The number of thioether (sulfide) groups is 1. The van der Waals surface area contributed by atoms with Gasteiger partial charge in [0.05, 0.1) is 4.90 Å². The molecule has 1 rings (SSSR count). The molecule has 1 aromatic heterocycles. The fraction of sp³-hybridized carbons (Fsp3) is 0.500. The molecule has 0 aromatic carbocycles. The molecular weight excluding hydrogens is 166 g/mol. The van der Waals surface area contributed by atoms with Gasteiger partial charge in [0.15, 0.2) is 12.4 Å². The van der Waals surface area contributed by atoms with E-state index in [1.54, 1.807) is 0 Å². The molecule has 0 N–H and O–H groups in total. The van der Waals surface area contributed by atoms with Gasteiger partial charge in [-0.1, -0.05) is 20.8 Å². The SMILES string of the molecule is C[n+]1cccc(SC(C)(C)C)c1. The number of hydrogen-bond acceptors (Lipinski definition) is 1. The summed E-state index contributed by atoms with van der Waals surface area (Å²) in [6, 6.07) is 4.23. The predicted octanol–water partition coefficient (Wildman–Crippen LogP) is 2.40. The zero-order chi connectivity index (χ0) is 9.19. The summed E-state index contributed by atoms with van der Waals surface area (Å²) in [5, 5.41) is 0. The summed E-state index contributed by atoms with van der Waals surface area (Å²) in [6.45, 7) is 6.68. The molecule has 0 aliphatic rings. The van der Waals surface area contributed by atoms with Crippen LogP contribution in [-0.2, 0) is 7.05 Å². The van der Waals surface area contributed by atoms with E-state index in [-0.39, 0.29) is 0 Å². The van der Waals surface area contributed by atoms with Gasteiger partial charge >= 0.3 is 0 Å². The Morgan fingerprint density at radius 1 is 1.33 bits per heavy atom. The van der Waals surface area contributed by atoms with Gasteiger partial charge in [0, 0.05) is 10.8 Å².